The van der Waals surface area contributed by atoms with Crippen LogP contribution in [0.1, 0.15) is 49.2 Å². The summed E-state index contributed by atoms with van der Waals surface area (Å²) < 4.78 is 7.42. The summed E-state index contributed by atoms with van der Waals surface area (Å²) in [6.07, 6.45) is 3.70. The summed E-state index contributed by atoms with van der Waals surface area (Å²) in [6.45, 7) is 8.33. The van der Waals surface area contributed by atoms with Crippen molar-refractivity contribution in [2.75, 3.05) is 31.3 Å². The maximum absolute atomic E-state index is 12.8. The van der Waals surface area contributed by atoms with Crippen LogP contribution in [0.25, 0.3) is 5.69 Å². The molecule has 7 nitrogen and oxygen atoms in total. The van der Waals surface area contributed by atoms with E-state index in [1.807, 2.05) is 56.3 Å². The smallest absolute Gasteiger partial charge is 0.234 e. The van der Waals surface area contributed by atoms with Gasteiger partial charge in [0.05, 0.1) is 18.9 Å². The zero-order valence-electron chi connectivity index (χ0n) is 20.4. The molecule has 1 unspecified atom stereocenters. The monoisotopic (exact) mass is 479 g/mol. The summed E-state index contributed by atoms with van der Waals surface area (Å²) in [5.74, 6) is 1.88. The van der Waals surface area contributed by atoms with E-state index in [4.69, 9.17) is 4.74 Å². The molecule has 1 amide bonds. The average Bonchev–Trinajstić information content (AvgIpc) is 3.29. The van der Waals surface area contributed by atoms with Gasteiger partial charge in [-0.1, -0.05) is 36.4 Å². The van der Waals surface area contributed by atoms with E-state index < -0.39 is 0 Å². The lowest BCUT2D eigenvalue weighted by atomic mass is 10.1. The second kappa shape index (κ2) is 11.1. The lowest BCUT2D eigenvalue weighted by molar-refractivity contribution is -0.113. The molecule has 3 aromatic rings. The molecule has 1 fully saturated rings. The van der Waals surface area contributed by atoms with Crippen LogP contribution >= 0.6 is 11.8 Å². The molecule has 2 heterocycles. The van der Waals surface area contributed by atoms with Crippen LogP contribution in [0.3, 0.4) is 0 Å². The number of ether oxygens (including phenoxy) is 1. The first-order valence-electron chi connectivity index (χ1n) is 11.8. The summed E-state index contributed by atoms with van der Waals surface area (Å²) in [6, 6.07) is 14.0. The fraction of sp³-hybridized carbons (Fsp3) is 0.423. The van der Waals surface area contributed by atoms with E-state index >= 15 is 0 Å². The molecule has 1 aliphatic rings. The number of aryl methyl sites for hydroxylation is 2. The third-order valence-corrected chi connectivity index (χ3v) is 7.31. The van der Waals surface area contributed by atoms with Crippen molar-refractivity contribution in [3.8, 4) is 11.4 Å². The maximum atomic E-state index is 12.8. The van der Waals surface area contributed by atoms with Gasteiger partial charge < -0.3 is 10.1 Å². The molecule has 1 atom stereocenters. The molecule has 34 heavy (non-hydrogen) atoms. The van der Waals surface area contributed by atoms with Gasteiger partial charge in [0.1, 0.15) is 5.75 Å². The fourth-order valence-corrected chi connectivity index (χ4v) is 5.16. The quantitative estimate of drug-likeness (QED) is 0.450. The first kappa shape index (κ1) is 24.3. The number of hydrogen-bond donors (Lipinski definition) is 1. The van der Waals surface area contributed by atoms with Crippen molar-refractivity contribution in [3.05, 3.63) is 59.4 Å². The van der Waals surface area contributed by atoms with Crippen LogP contribution in [0.4, 0.5) is 5.69 Å². The van der Waals surface area contributed by atoms with Crippen molar-refractivity contribution < 1.29 is 9.53 Å². The number of nitrogens with one attached hydrogen (secondary N) is 1. The third-order valence-electron chi connectivity index (χ3n) is 6.38. The van der Waals surface area contributed by atoms with Crippen molar-refractivity contribution in [2.24, 2.45) is 0 Å². The Morgan fingerprint density at radius 1 is 1.06 bits per heavy atom. The Balaban J connectivity index is 1.57. The van der Waals surface area contributed by atoms with Crippen LogP contribution in [0, 0.1) is 13.8 Å². The summed E-state index contributed by atoms with van der Waals surface area (Å²) >= 11 is 1.40. The van der Waals surface area contributed by atoms with Crippen molar-refractivity contribution in [1.82, 2.24) is 19.7 Å². The number of likely N-dealkylation sites (tertiary alicyclic amines) is 1. The van der Waals surface area contributed by atoms with Crippen molar-refractivity contribution >= 4 is 23.4 Å². The fourth-order valence-electron chi connectivity index (χ4n) is 4.41. The minimum absolute atomic E-state index is 0.0580. The van der Waals surface area contributed by atoms with Gasteiger partial charge in [-0.3, -0.25) is 14.3 Å². The highest BCUT2D eigenvalue weighted by Crippen LogP contribution is 2.30. The Labute approximate surface area is 205 Å². The molecule has 0 aliphatic carbocycles. The van der Waals surface area contributed by atoms with Crippen molar-refractivity contribution in [2.45, 2.75) is 51.2 Å². The summed E-state index contributed by atoms with van der Waals surface area (Å²) in [4.78, 5) is 15.3. The number of carbonyl (C=O) groups is 1. The van der Waals surface area contributed by atoms with Crippen LogP contribution < -0.4 is 10.1 Å². The number of hydrogen-bond acceptors (Lipinski definition) is 6. The second-order valence-corrected chi connectivity index (χ2v) is 9.69. The first-order chi connectivity index (χ1) is 16.5. The van der Waals surface area contributed by atoms with E-state index in [-0.39, 0.29) is 17.7 Å². The lowest BCUT2D eigenvalue weighted by Gasteiger charge is -2.31. The van der Waals surface area contributed by atoms with E-state index in [1.165, 1.54) is 31.0 Å². The number of thioether (sulfide) groups is 1. The van der Waals surface area contributed by atoms with Crippen LogP contribution in [0.15, 0.2) is 47.6 Å². The Morgan fingerprint density at radius 2 is 1.74 bits per heavy atom. The molecule has 2 aromatic carbocycles. The SMILES string of the molecule is COc1ccc(-n2c(SCC(=O)Nc3c(C)cccc3C)nnc2C(C)N2CCCCC2)cc1. The number of rotatable bonds is 8. The molecule has 4 rings (SSSR count). The standard InChI is InChI=1S/C26H33N5O2S/c1-18-9-8-10-19(2)24(18)27-23(32)17-34-26-29-28-25(20(3)30-15-6-5-7-16-30)31(26)21-11-13-22(33-4)14-12-21/h8-14,20H,5-7,15-17H2,1-4H3,(H,27,32). The summed E-state index contributed by atoms with van der Waals surface area (Å²) in [5, 5.41) is 12.9. The predicted molar refractivity (Wildman–Crippen MR) is 137 cm³/mol. The summed E-state index contributed by atoms with van der Waals surface area (Å²) in [5.41, 5.74) is 3.95. The van der Waals surface area contributed by atoms with Crippen molar-refractivity contribution in [1.29, 1.82) is 0 Å². The highest BCUT2D eigenvalue weighted by molar-refractivity contribution is 7.99. The van der Waals surface area contributed by atoms with E-state index in [0.717, 1.165) is 47.2 Å². The van der Waals surface area contributed by atoms with Gasteiger partial charge in [0.25, 0.3) is 0 Å². The topological polar surface area (TPSA) is 72.3 Å². The Bertz CT molecular complexity index is 1100. The Hall–Kier alpha value is -2.84. The molecule has 1 aliphatic heterocycles. The normalized spacial score (nSPS) is 15.2. The lowest BCUT2D eigenvalue weighted by Crippen LogP contribution is -2.33. The number of methoxy groups -OCH3 is 1. The van der Waals surface area contributed by atoms with Crippen LogP contribution in [0.5, 0.6) is 5.75 Å². The van der Waals surface area contributed by atoms with Gasteiger partial charge >= 0.3 is 0 Å². The van der Waals surface area contributed by atoms with Gasteiger partial charge in [-0.15, -0.1) is 10.2 Å². The largest absolute Gasteiger partial charge is 0.497 e. The number of para-hydroxylation sites is 1. The first-order valence-corrected chi connectivity index (χ1v) is 12.8. The minimum Gasteiger partial charge on any atom is -0.497 e. The molecule has 0 spiro atoms. The second-order valence-electron chi connectivity index (χ2n) is 8.75. The average molecular weight is 480 g/mol. The van der Waals surface area contributed by atoms with Gasteiger partial charge in [-0.25, -0.2) is 0 Å². The zero-order valence-corrected chi connectivity index (χ0v) is 21.2. The Morgan fingerprint density at radius 3 is 2.38 bits per heavy atom. The number of nitrogens with zero attached hydrogens (tertiary/aromatic N) is 4. The highest BCUT2D eigenvalue weighted by atomic mass is 32.2. The number of piperidine rings is 1. The van der Waals surface area contributed by atoms with E-state index in [9.17, 15) is 4.79 Å². The van der Waals surface area contributed by atoms with Gasteiger partial charge in [-0.05, 0) is 82.1 Å². The Kier molecular flexibility index (Phi) is 7.90. The predicted octanol–water partition coefficient (Wildman–Crippen LogP) is 5.17. The third kappa shape index (κ3) is 5.45. The number of carbonyl (C=O) groups excluding carboxylic acids is 1. The van der Waals surface area contributed by atoms with Gasteiger partial charge in [-0.2, -0.15) is 0 Å². The molecule has 180 valence electrons. The number of amides is 1. The highest BCUT2D eigenvalue weighted by Gasteiger charge is 2.26. The molecular weight excluding hydrogens is 446 g/mol. The maximum Gasteiger partial charge on any atom is 0.234 e. The zero-order chi connectivity index (χ0) is 24.1. The molecule has 8 heteroatoms. The molecule has 0 saturated carbocycles. The van der Waals surface area contributed by atoms with Crippen LogP contribution in [-0.2, 0) is 4.79 Å². The molecule has 0 bridgehead atoms. The van der Waals surface area contributed by atoms with Gasteiger partial charge in [0.2, 0.25) is 5.91 Å². The molecular formula is C26H33N5O2S. The van der Waals surface area contributed by atoms with Crippen LogP contribution in [0.2, 0.25) is 0 Å². The van der Waals surface area contributed by atoms with E-state index in [1.54, 1.807) is 7.11 Å². The number of benzene rings is 2. The molecule has 0 radical (unpaired) electrons. The minimum atomic E-state index is -0.0580. The van der Waals surface area contributed by atoms with Crippen molar-refractivity contribution in [3.63, 3.8) is 0 Å². The number of anilines is 1. The van der Waals surface area contributed by atoms with E-state index in [2.05, 4.69) is 31.9 Å². The van der Waals surface area contributed by atoms with Crippen LogP contribution in [-0.4, -0.2) is 51.5 Å². The molecule has 1 saturated heterocycles. The van der Waals surface area contributed by atoms with E-state index in [0.29, 0.717) is 5.16 Å². The summed E-state index contributed by atoms with van der Waals surface area (Å²) in [7, 11) is 1.66. The molecule has 1 N–H and O–H groups in total. The van der Waals surface area contributed by atoms with Gasteiger partial charge in [0, 0.05) is 11.4 Å². The van der Waals surface area contributed by atoms with Gasteiger partial charge in [0.15, 0.2) is 11.0 Å². The molecule has 1 aromatic heterocycles. The number of aromatic nitrogens is 3.